The number of rotatable bonds is 6. The van der Waals surface area contributed by atoms with E-state index in [1.165, 1.54) is 23.1 Å². The van der Waals surface area contributed by atoms with Gasteiger partial charge >= 0.3 is 0 Å². The summed E-state index contributed by atoms with van der Waals surface area (Å²) in [6, 6.07) is 11.9. The van der Waals surface area contributed by atoms with Gasteiger partial charge in [0.25, 0.3) is 0 Å². The highest BCUT2D eigenvalue weighted by molar-refractivity contribution is 7.99. The van der Waals surface area contributed by atoms with Crippen LogP contribution in [0.1, 0.15) is 11.3 Å². The van der Waals surface area contributed by atoms with Gasteiger partial charge in [0, 0.05) is 29.0 Å². The van der Waals surface area contributed by atoms with E-state index >= 15 is 0 Å². The summed E-state index contributed by atoms with van der Waals surface area (Å²) in [6.45, 7) is 3.93. The first-order chi connectivity index (χ1) is 14.1. The molecule has 0 radical (unpaired) electrons. The normalized spacial score (nSPS) is 10.8. The number of carbonyl (C=O) groups is 1. The molecular weight excluding hydrogens is 404 g/mol. The highest BCUT2D eigenvalue weighted by atomic mass is 32.2. The highest BCUT2D eigenvalue weighted by Gasteiger charge is 2.17. The lowest BCUT2D eigenvalue weighted by Crippen LogP contribution is -2.14. The molecule has 3 heterocycles. The van der Waals surface area contributed by atoms with E-state index in [1.54, 1.807) is 12.4 Å². The molecule has 1 N–H and O–H groups in total. The highest BCUT2D eigenvalue weighted by Crippen LogP contribution is 2.28. The Morgan fingerprint density at radius 2 is 2.00 bits per heavy atom. The summed E-state index contributed by atoms with van der Waals surface area (Å²) in [5.74, 6) is 0.751. The number of thiazole rings is 1. The average molecular weight is 423 g/mol. The van der Waals surface area contributed by atoms with Gasteiger partial charge in [-0.1, -0.05) is 29.5 Å². The largest absolute Gasteiger partial charge is 0.301 e. The molecule has 0 saturated carbocycles. The predicted octanol–water partition coefficient (Wildman–Crippen LogP) is 4.13. The molecule has 4 aromatic rings. The lowest BCUT2D eigenvalue weighted by atomic mass is 10.2. The lowest BCUT2D eigenvalue weighted by molar-refractivity contribution is -0.113. The second-order valence-electron chi connectivity index (χ2n) is 6.35. The fourth-order valence-electron chi connectivity index (χ4n) is 2.67. The van der Waals surface area contributed by atoms with Crippen LogP contribution in [0.5, 0.6) is 0 Å². The van der Waals surface area contributed by atoms with Crippen molar-refractivity contribution in [3.8, 4) is 17.1 Å². The van der Waals surface area contributed by atoms with Crippen LogP contribution < -0.4 is 5.32 Å². The molecular formula is C20H18N6OS2. The third-order valence-electron chi connectivity index (χ3n) is 4.04. The maximum absolute atomic E-state index is 12.3. The van der Waals surface area contributed by atoms with Gasteiger partial charge in [0.1, 0.15) is 0 Å². The van der Waals surface area contributed by atoms with Crippen LogP contribution in [0.15, 0.2) is 59.3 Å². The van der Waals surface area contributed by atoms with Gasteiger partial charge in [-0.25, -0.2) is 4.98 Å². The van der Waals surface area contributed by atoms with Gasteiger partial charge in [0.05, 0.1) is 11.4 Å². The van der Waals surface area contributed by atoms with E-state index < -0.39 is 0 Å². The molecule has 3 aromatic heterocycles. The predicted molar refractivity (Wildman–Crippen MR) is 116 cm³/mol. The molecule has 0 unspecified atom stereocenters. The number of thioether (sulfide) groups is 1. The van der Waals surface area contributed by atoms with Crippen molar-refractivity contribution in [2.45, 2.75) is 19.0 Å². The second kappa shape index (κ2) is 8.54. The van der Waals surface area contributed by atoms with Crippen molar-refractivity contribution in [3.63, 3.8) is 0 Å². The van der Waals surface area contributed by atoms with E-state index in [4.69, 9.17) is 0 Å². The SMILES string of the molecule is Cc1ccc(-n2c(SCC(=O)Nc3nc(C)cs3)nnc2-c2cccnc2)cc1. The van der Waals surface area contributed by atoms with Crippen molar-refractivity contribution >= 4 is 34.1 Å². The standard InChI is InChI=1S/C20H18N6OS2/c1-13-5-7-16(8-6-13)26-18(15-4-3-9-21-10-15)24-25-20(26)29-12-17(27)23-19-22-14(2)11-28-19/h3-11H,12H2,1-2H3,(H,22,23,27). The fraction of sp³-hybridized carbons (Fsp3) is 0.150. The quantitative estimate of drug-likeness (QED) is 0.470. The number of benzene rings is 1. The minimum atomic E-state index is -0.134. The molecule has 1 aromatic carbocycles. The Kier molecular flexibility index (Phi) is 5.68. The van der Waals surface area contributed by atoms with Gasteiger partial charge < -0.3 is 5.32 Å². The number of pyridine rings is 1. The summed E-state index contributed by atoms with van der Waals surface area (Å²) >= 11 is 2.74. The molecule has 0 saturated heterocycles. The van der Waals surface area contributed by atoms with Crippen molar-refractivity contribution in [1.82, 2.24) is 24.7 Å². The van der Waals surface area contributed by atoms with Gasteiger partial charge in [-0.2, -0.15) is 0 Å². The van der Waals surface area contributed by atoms with Gasteiger partial charge in [0.2, 0.25) is 5.91 Å². The summed E-state index contributed by atoms with van der Waals surface area (Å²) in [6.07, 6.45) is 3.47. The number of nitrogens with one attached hydrogen (secondary N) is 1. The molecule has 146 valence electrons. The third kappa shape index (κ3) is 4.52. The Balaban J connectivity index is 1.60. The summed E-state index contributed by atoms with van der Waals surface area (Å²) in [5.41, 5.74) is 3.84. The van der Waals surface area contributed by atoms with E-state index in [0.717, 1.165) is 22.5 Å². The Hall–Kier alpha value is -3.04. The summed E-state index contributed by atoms with van der Waals surface area (Å²) < 4.78 is 1.95. The number of aryl methyl sites for hydroxylation is 2. The van der Waals surface area contributed by atoms with Crippen molar-refractivity contribution in [2.24, 2.45) is 0 Å². The van der Waals surface area contributed by atoms with Crippen LogP contribution >= 0.6 is 23.1 Å². The minimum absolute atomic E-state index is 0.134. The molecule has 0 bridgehead atoms. The first-order valence-electron chi connectivity index (χ1n) is 8.88. The van der Waals surface area contributed by atoms with Crippen LogP contribution in [0.2, 0.25) is 0 Å². The van der Waals surface area contributed by atoms with Crippen LogP contribution in [0.25, 0.3) is 17.1 Å². The second-order valence-corrected chi connectivity index (χ2v) is 8.15. The zero-order valence-corrected chi connectivity index (χ0v) is 17.5. The number of anilines is 1. The summed E-state index contributed by atoms with van der Waals surface area (Å²) in [5, 5.41) is 14.6. The minimum Gasteiger partial charge on any atom is -0.301 e. The number of carbonyl (C=O) groups excluding carboxylic acids is 1. The molecule has 0 atom stereocenters. The molecule has 0 aliphatic heterocycles. The van der Waals surface area contributed by atoms with Crippen molar-refractivity contribution in [2.75, 3.05) is 11.1 Å². The van der Waals surface area contributed by atoms with E-state index in [0.29, 0.717) is 16.1 Å². The molecule has 0 fully saturated rings. The Morgan fingerprint density at radius 1 is 1.17 bits per heavy atom. The molecule has 0 aliphatic carbocycles. The molecule has 0 aliphatic rings. The summed E-state index contributed by atoms with van der Waals surface area (Å²) in [4.78, 5) is 20.8. The van der Waals surface area contributed by atoms with E-state index in [2.05, 4.69) is 25.5 Å². The van der Waals surface area contributed by atoms with Crippen LogP contribution in [-0.4, -0.2) is 36.4 Å². The van der Waals surface area contributed by atoms with Crippen LogP contribution in [-0.2, 0) is 4.79 Å². The molecule has 0 spiro atoms. The zero-order valence-electron chi connectivity index (χ0n) is 15.9. The molecule has 9 heteroatoms. The molecule has 29 heavy (non-hydrogen) atoms. The number of hydrogen-bond acceptors (Lipinski definition) is 7. The van der Waals surface area contributed by atoms with Gasteiger partial charge in [0.15, 0.2) is 16.1 Å². The smallest absolute Gasteiger partial charge is 0.236 e. The Labute approximate surface area is 176 Å². The first kappa shape index (κ1) is 19.3. The topological polar surface area (TPSA) is 85.6 Å². The van der Waals surface area contributed by atoms with Gasteiger partial charge in [-0.05, 0) is 38.1 Å². The van der Waals surface area contributed by atoms with Crippen LogP contribution in [0.4, 0.5) is 5.13 Å². The van der Waals surface area contributed by atoms with Gasteiger partial charge in [-0.3, -0.25) is 14.3 Å². The van der Waals surface area contributed by atoms with E-state index in [-0.39, 0.29) is 11.7 Å². The van der Waals surface area contributed by atoms with Crippen molar-refractivity contribution in [3.05, 3.63) is 65.4 Å². The fourth-order valence-corrected chi connectivity index (χ4v) is 4.13. The Bertz CT molecular complexity index is 1120. The average Bonchev–Trinajstić information content (AvgIpc) is 3.34. The van der Waals surface area contributed by atoms with Crippen molar-refractivity contribution < 1.29 is 4.79 Å². The maximum atomic E-state index is 12.3. The van der Waals surface area contributed by atoms with Gasteiger partial charge in [-0.15, -0.1) is 21.5 Å². The Morgan fingerprint density at radius 3 is 2.69 bits per heavy atom. The molecule has 1 amide bonds. The maximum Gasteiger partial charge on any atom is 0.236 e. The van der Waals surface area contributed by atoms with Crippen LogP contribution in [0, 0.1) is 13.8 Å². The zero-order chi connectivity index (χ0) is 20.2. The number of aromatic nitrogens is 5. The summed E-state index contributed by atoms with van der Waals surface area (Å²) in [7, 11) is 0. The number of amides is 1. The van der Waals surface area contributed by atoms with Crippen molar-refractivity contribution in [1.29, 1.82) is 0 Å². The molecule has 4 rings (SSSR count). The van der Waals surface area contributed by atoms with E-state index in [9.17, 15) is 4.79 Å². The first-order valence-corrected chi connectivity index (χ1v) is 10.7. The van der Waals surface area contributed by atoms with Crippen LogP contribution in [0.3, 0.4) is 0 Å². The molecule has 7 nitrogen and oxygen atoms in total. The van der Waals surface area contributed by atoms with E-state index in [1.807, 2.05) is 60.2 Å². The number of hydrogen-bond donors (Lipinski definition) is 1. The lowest BCUT2D eigenvalue weighted by Gasteiger charge is -2.10. The monoisotopic (exact) mass is 422 g/mol. The number of nitrogens with zero attached hydrogens (tertiary/aromatic N) is 5. The third-order valence-corrected chi connectivity index (χ3v) is 5.85.